The number of rotatable bonds is 1. The fourth-order valence-corrected chi connectivity index (χ4v) is 2.80. The average Bonchev–Trinajstić information content (AvgIpc) is 2.47. The molecule has 1 spiro atoms. The summed E-state index contributed by atoms with van der Waals surface area (Å²) < 4.78 is 0. The molecule has 0 aromatic carbocycles. The lowest BCUT2D eigenvalue weighted by atomic mass is 9.79. The van der Waals surface area contributed by atoms with Crippen LogP contribution in [0.1, 0.15) is 6.42 Å². The van der Waals surface area contributed by atoms with Gasteiger partial charge in [0, 0.05) is 31.6 Å². The summed E-state index contributed by atoms with van der Waals surface area (Å²) in [7, 11) is 2.13. The third kappa shape index (κ3) is 1.57. The molecule has 2 aliphatic heterocycles. The summed E-state index contributed by atoms with van der Waals surface area (Å²) in [5, 5.41) is 0. The zero-order chi connectivity index (χ0) is 9.47. The Bertz CT molecular complexity index is 226. The fraction of sp³-hybridized carbons (Fsp3) is 0.889. The molecule has 2 rings (SSSR count). The Morgan fingerprint density at radius 1 is 1.46 bits per heavy atom. The number of amides is 1. The van der Waals surface area contributed by atoms with Crippen molar-refractivity contribution in [3.8, 4) is 0 Å². The molecule has 2 fully saturated rings. The Hall–Kier alpha value is -0.220. The van der Waals surface area contributed by atoms with E-state index in [2.05, 4.69) is 24.6 Å². The van der Waals surface area contributed by atoms with Crippen molar-refractivity contribution >= 4 is 18.5 Å². The smallest absolute Gasteiger partial charge is 0.232 e. The van der Waals surface area contributed by atoms with Gasteiger partial charge in [0.15, 0.2) is 0 Å². The molecule has 13 heavy (non-hydrogen) atoms. The van der Waals surface area contributed by atoms with Crippen LogP contribution in [0, 0.1) is 5.41 Å². The highest BCUT2D eigenvalue weighted by molar-refractivity contribution is 7.81. The van der Waals surface area contributed by atoms with Gasteiger partial charge >= 0.3 is 0 Å². The highest BCUT2D eigenvalue weighted by atomic mass is 32.1. The monoisotopic (exact) mass is 200 g/mol. The van der Waals surface area contributed by atoms with E-state index >= 15 is 0 Å². The van der Waals surface area contributed by atoms with Crippen LogP contribution in [0.4, 0.5) is 0 Å². The van der Waals surface area contributed by atoms with Crippen molar-refractivity contribution in [2.75, 3.05) is 39.0 Å². The van der Waals surface area contributed by atoms with Gasteiger partial charge in [-0.05, 0) is 13.5 Å². The molecule has 1 amide bonds. The van der Waals surface area contributed by atoms with Gasteiger partial charge in [0.2, 0.25) is 5.91 Å². The lowest BCUT2D eigenvalue weighted by Crippen LogP contribution is -2.55. The van der Waals surface area contributed by atoms with Gasteiger partial charge in [-0.25, -0.2) is 0 Å². The van der Waals surface area contributed by atoms with Crippen LogP contribution >= 0.6 is 12.6 Å². The molecule has 2 saturated heterocycles. The molecule has 4 heteroatoms. The molecule has 0 saturated carbocycles. The van der Waals surface area contributed by atoms with Crippen LogP contribution in [0.5, 0.6) is 0 Å². The Morgan fingerprint density at radius 2 is 2.15 bits per heavy atom. The second kappa shape index (κ2) is 3.17. The second-order valence-corrected chi connectivity index (χ2v) is 4.71. The maximum Gasteiger partial charge on any atom is 0.232 e. The first-order valence-electron chi connectivity index (χ1n) is 4.72. The minimum Gasteiger partial charge on any atom is -0.341 e. The molecule has 0 radical (unpaired) electrons. The van der Waals surface area contributed by atoms with Gasteiger partial charge in [-0.3, -0.25) is 4.79 Å². The van der Waals surface area contributed by atoms with Crippen LogP contribution in [0.2, 0.25) is 0 Å². The lowest BCUT2D eigenvalue weighted by molar-refractivity contribution is -0.128. The van der Waals surface area contributed by atoms with Gasteiger partial charge in [-0.2, -0.15) is 12.6 Å². The van der Waals surface area contributed by atoms with E-state index in [0.29, 0.717) is 11.2 Å². The van der Waals surface area contributed by atoms with E-state index in [1.165, 1.54) is 6.42 Å². The highest BCUT2D eigenvalue weighted by Crippen LogP contribution is 2.38. The van der Waals surface area contributed by atoms with Crippen LogP contribution in [0.15, 0.2) is 0 Å². The summed E-state index contributed by atoms with van der Waals surface area (Å²) in [4.78, 5) is 15.6. The zero-order valence-corrected chi connectivity index (χ0v) is 8.89. The van der Waals surface area contributed by atoms with E-state index < -0.39 is 0 Å². The third-order valence-electron chi connectivity index (χ3n) is 3.14. The molecule has 0 N–H and O–H groups in total. The minimum absolute atomic E-state index is 0.190. The van der Waals surface area contributed by atoms with E-state index in [1.807, 2.05) is 4.90 Å². The quantitative estimate of drug-likeness (QED) is 0.606. The summed E-state index contributed by atoms with van der Waals surface area (Å²) >= 11 is 4.01. The number of hydrogen-bond donors (Lipinski definition) is 1. The van der Waals surface area contributed by atoms with Crippen molar-refractivity contribution in [3.05, 3.63) is 0 Å². The van der Waals surface area contributed by atoms with Crippen LogP contribution in [0.25, 0.3) is 0 Å². The first-order chi connectivity index (χ1) is 6.15. The number of carbonyl (C=O) groups is 1. The van der Waals surface area contributed by atoms with Crippen molar-refractivity contribution < 1.29 is 4.79 Å². The van der Waals surface area contributed by atoms with Crippen LogP contribution in [0.3, 0.4) is 0 Å². The van der Waals surface area contributed by atoms with Crippen molar-refractivity contribution in [3.63, 3.8) is 0 Å². The summed E-state index contributed by atoms with van der Waals surface area (Å²) in [5.74, 6) is 0.543. The SMILES string of the molecule is CN1CC2(CCN(C(=O)CS)C2)C1. The Morgan fingerprint density at radius 3 is 2.69 bits per heavy atom. The Balaban J connectivity index is 1.91. The number of likely N-dealkylation sites (tertiary alicyclic amines) is 2. The topological polar surface area (TPSA) is 23.6 Å². The van der Waals surface area contributed by atoms with Crippen molar-refractivity contribution in [2.24, 2.45) is 5.41 Å². The molecule has 0 unspecified atom stereocenters. The molecular weight excluding hydrogens is 184 g/mol. The van der Waals surface area contributed by atoms with E-state index in [1.54, 1.807) is 0 Å². The third-order valence-corrected chi connectivity index (χ3v) is 3.41. The molecule has 2 heterocycles. The molecule has 3 nitrogen and oxygen atoms in total. The molecule has 0 bridgehead atoms. The zero-order valence-electron chi connectivity index (χ0n) is 7.99. The second-order valence-electron chi connectivity index (χ2n) is 4.40. The number of nitrogens with zero attached hydrogens (tertiary/aromatic N) is 2. The molecule has 0 aliphatic carbocycles. The number of thiol groups is 1. The van der Waals surface area contributed by atoms with Crippen molar-refractivity contribution in [2.45, 2.75) is 6.42 Å². The van der Waals surface area contributed by atoms with E-state index in [9.17, 15) is 4.79 Å². The van der Waals surface area contributed by atoms with Crippen LogP contribution < -0.4 is 0 Å². The van der Waals surface area contributed by atoms with E-state index in [-0.39, 0.29) is 5.91 Å². The number of hydrogen-bond acceptors (Lipinski definition) is 3. The average molecular weight is 200 g/mol. The van der Waals surface area contributed by atoms with Gasteiger partial charge in [-0.1, -0.05) is 0 Å². The summed E-state index contributed by atoms with van der Waals surface area (Å²) in [6.45, 7) is 4.21. The van der Waals surface area contributed by atoms with Crippen LogP contribution in [-0.4, -0.2) is 54.7 Å². The standard InChI is InChI=1S/C9H16N2OS/c1-10-5-9(6-10)2-3-11(7-9)8(12)4-13/h13H,2-7H2,1H3. The summed E-state index contributed by atoms with van der Waals surface area (Å²) in [5.41, 5.74) is 0.438. The fourth-order valence-electron chi connectivity index (χ4n) is 2.60. The molecule has 0 atom stereocenters. The Kier molecular flexibility index (Phi) is 2.28. The van der Waals surface area contributed by atoms with Gasteiger partial charge in [0.25, 0.3) is 0 Å². The van der Waals surface area contributed by atoms with Gasteiger partial charge in [0.05, 0.1) is 5.75 Å². The first-order valence-corrected chi connectivity index (χ1v) is 5.36. The summed E-state index contributed by atoms with van der Waals surface area (Å²) in [6, 6.07) is 0. The van der Waals surface area contributed by atoms with Gasteiger partial charge in [-0.15, -0.1) is 0 Å². The summed E-state index contributed by atoms with van der Waals surface area (Å²) in [6.07, 6.45) is 1.18. The first kappa shape index (κ1) is 9.34. The minimum atomic E-state index is 0.190. The van der Waals surface area contributed by atoms with Crippen molar-refractivity contribution in [1.29, 1.82) is 0 Å². The molecule has 74 valence electrons. The van der Waals surface area contributed by atoms with Gasteiger partial charge in [0.1, 0.15) is 0 Å². The normalized spacial score (nSPS) is 26.5. The maximum atomic E-state index is 11.4. The number of carbonyl (C=O) groups excluding carboxylic acids is 1. The maximum absolute atomic E-state index is 11.4. The molecule has 0 aromatic heterocycles. The van der Waals surface area contributed by atoms with Crippen molar-refractivity contribution in [1.82, 2.24) is 9.80 Å². The Labute approximate surface area is 84.5 Å². The van der Waals surface area contributed by atoms with E-state index in [4.69, 9.17) is 0 Å². The highest BCUT2D eigenvalue weighted by Gasteiger charge is 2.46. The largest absolute Gasteiger partial charge is 0.341 e. The lowest BCUT2D eigenvalue weighted by Gasteiger charge is -2.46. The molecular formula is C9H16N2OS. The molecule has 2 aliphatic rings. The predicted octanol–water partition coefficient (Wildman–Crippen LogP) is 0.0803. The van der Waals surface area contributed by atoms with Crippen LogP contribution in [-0.2, 0) is 4.79 Å². The predicted molar refractivity (Wildman–Crippen MR) is 55.0 cm³/mol. The molecule has 0 aromatic rings. The van der Waals surface area contributed by atoms with Gasteiger partial charge < -0.3 is 9.80 Å². The van der Waals surface area contributed by atoms with E-state index in [0.717, 1.165) is 26.2 Å².